The van der Waals surface area contributed by atoms with Crippen molar-refractivity contribution in [2.24, 2.45) is 0 Å². The topological polar surface area (TPSA) is 69.4 Å². The Kier molecular flexibility index (Phi) is 5.22. The molecule has 0 radical (unpaired) electrons. The van der Waals surface area contributed by atoms with Gasteiger partial charge in [0.15, 0.2) is 11.6 Å². The van der Waals surface area contributed by atoms with Gasteiger partial charge in [0, 0.05) is 74.6 Å². The first kappa shape index (κ1) is 24.8. The summed E-state index contributed by atoms with van der Waals surface area (Å²) in [6, 6.07) is 38.1. The summed E-state index contributed by atoms with van der Waals surface area (Å²) >= 11 is 3.60. The standard InChI is InChI=1S/C37H20N6S2/c1-3-11-29-23(7-1)27-19-21(13-15-31(27)44-29)33-40-34(22-14-16-32-28(20-22)24-8-2-4-12-30(24)45-32)42-37(41-33)43-35-25(9-5-17-38-35)26-10-6-18-39-36(26)43/h1-20H. The van der Waals surface area contributed by atoms with E-state index in [1.807, 2.05) is 16.7 Å². The third-order valence-electron chi connectivity index (χ3n) is 8.38. The molecule has 0 amide bonds. The average molecular weight is 613 g/mol. The zero-order valence-corrected chi connectivity index (χ0v) is 25.2. The maximum Gasteiger partial charge on any atom is 0.241 e. The normalized spacial score (nSPS) is 12.0. The molecule has 8 heteroatoms. The molecule has 45 heavy (non-hydrogen) atoms. The molecule has 0 spiro atoms. The molecule has 10 rings (SSSR count). The van der Waals surface area contributed by atoms with Gasteiger partial charge >= 0.3 is 0 Å². The summed E-state index contributed by atoms with van der Waals surface area (Å²) in [7, 11) is 0. The highest BCUT2D eigenvalue weighted by Gasteiger charge is 2.20. The number of hydrogen-bond acceptors (Lipinski definition) is 7. The van der Waals surface area contributed by atoms with Crippen LogP contribution in [-0.4, -0.2) is 29.5 Å². The first-order chi connectivity index (χ1) is 22.3. The van der Waals surface area contributed by atoms with Gasteiger partial charge in [0.05, 0.1) is 0 Å². The van der Waals surface area contributed by atoms with Crippen molar-refractivity contribution >= 4 is 85.1 Å². The Hall–Kier alpha value is -5.57. The van der Waals surface area contributed by atoms with E-state index >= 15 is 0 Å². The van der Waals surface area contributed by atoms with Crippen molar-refractivity contribution in [3.63, 3.8) is 0 Å². The van der Waals surface area contributed by atoms with Gasteiger partial charge in [0.2, 0.25) is 5.95 Å². The van der Waals surface area contributed by atoms with Crippen molar-refractivity contribution in [3.05, 3.63) is 122 Å². The van der Waals surface area contributed by atoms with E-state index in [-0.39, 0.29) is 0 Å². The smallest absolute Gasteiger partial charge is 0.241 e. The van der Waals surface area contributed by atoms with E-state index in [0.29, 0.717) is 17.6 Å². The van der Waals surface area contributed by atoms with Crippen molar-refractivity contribution < 1.29 is 0 Å². The van der Waals surface area contributed by atoms with Gasteiger partial charge in [-0.15, -0.1) is 22.7 Å². The number of pyridine rings is 2. The minimum atomic E-state index is 0.484. The molecule has 0 atom stereocenters. The molecule has 0 N–H and O–H groups in total. The largest absolute Gasteiger partial charge is 0.245 e. The highest BCUT2D eigenvalue weighted by molar-refractivity contribution is 7.26. The molecule has 0 aliphatic rings. The minimum Gasteiger partial charge on any atom is -0.245 e. The van der Waals surface area contributed by atoms with Crippen LogP contribution in [0.15, 0.2) is 122 Å². The Morgan fingerprint density at radius 1 is 0.422 bits per heavy atom. The minimum absolute atomic E-state index is 0.484. The Morgan fingerprint density at radius 3 is 1.42 bits per heavy atom. The molecular weight excluding hydrogens is 593 g/mol. The summed E-state index contributed by atoms with van der Waals surface area (Å²) in [5.41, 5.74) is 3.38. The molecule has 6 aromatic heterocycles. The number of hydrogen-bond donors (Lipinski definition) is 0. The molecule has 4 aromatic carbocycles. The predicted molar refractivity (Wildman–Crippen MR) is 186 cm³/mol. The fourth-order valence-electron chi connectivity index (χ4n) is 6.31. The van der Waals surface area contributed by atoms with E-state index in [0.717, 1.165) is 33.2 Å². The van der Waals surface area contributed by atoms with Crippen LogP contribution in [0.25, 0.3) is 91.1 Å². The van der Waals surface area contributed by atoms with Crippen LogP contribution in [0, 0.1) is 0 Å². The number of aromatic nitrogens is 6. The van der Waals surface area contributed by atoms with Crippen molar-refractivity contribution in [2.75, 3.05) is 0 Å². The molecule has 0 saturated carbocycles. The highest BCUT2D eigenvalue weighted by atomic mass is 32.1. The molecule has 10 aromatic rings. The maximum absolute atomic E-state index is 5.12. The summed E-state index contributed by atoms with van der Waals surface area (Å²) in [5.74, 6) is 1.69. The van der Waals surface area contributed by atoms with E-state index in [9.17, 15) is 0 Å². The Bertz CT molecular complexity index is 2610. The second kappa shape index (κ2) is 9.46. The Labute approximate surface area is 263 Å². The summed E-state index contributed by atoms with van der Waals surface area (Å²) < 4.78 is 6.96. The highest BCUT2D eigenvalue weighted by Crippen LogP contribution is 2.38. The zero-order valence-electron chi connectivity index (χ0n) is 23.5. The first-order valence-electron chi connectivity index (χ1n) is 14.6. The number of rotatable bonds is 3. The van der Waals surface area contributed by atoms with Crippen LogP contribution >= 0.6 is 22.7 Å². The van der Waals surface area contributed by atoms with Crippen molar-refractivity contribution in [1.82, 2.24) is 29.5 Å². The lowest BCUT2D eigenvalue weighted by atomic mass is 10.1. The predicted octanol–water partition coefficient (Wildman–Crippen LogP) is 9.83. The molecule has 0 saturated heterocycles. The number of fused-ring (bicyclic) bond motifs is 9. The zero-order chi connectivity index (χ0) is 29.5. The fraction of sp³-hybridized carbons (Fsp3) is 0. The third kappa shape index (κ3) is 3.76. The first-order valence-corrected chi connectivity index (χ1v) is 16.2. The second-order valence-corrected chi connectivity index (χ2v) is 13.2. The third-order valence-corrected chi connectivity index (χ3v) is 10.7. The van der Waals surface area contributed by atoms with Gasteiger partial charge in [-0.05, 0) is 72.8 Å². The SMILES string of the molecule is c1ccc2c(c1)sc1ccc(-c3nc(-c4ccc5sc6ccccc6c5c4)nc(-n4c5ncccc5c5cccnc54)n3)cc12. The second-order valence-electron chi connectivity index (χ2n) is 11.0. The average Bonchev–Trinajstić information content (AvgIpc) is 3.77. The van der Waals surface area contributed by atoms with E-state index in [4.69, 9.17) is 24.9 Å². The van der Waals surface area contributed by atoms with Crippen LogP contribution in [0.4, 0.5) is 0 Å². The quantitative estimate of drug-likeness (QED) is 0.199. The van der Waals surface area contributed by atoms with Gasteiger partial charge in [-0.2, -0.15) is 9.97 Å². The summed E-state index contributed by atoms with van der Waals surface area (Å²) in [6.45, 7) is 0. The molecule has 0 unspecified atom stereocenters. The molecule has 0 bridgehead atoms. The van der Waals surface area contributed by atoms with Gasteiger partial charge < -0.3 is 0 Å². The maximum atomic E-state index is 5.12. The number of thiophene rings is 2. The lowest BCUT2D eigenvalue weighted by molar-refractivity contribution is 0.935. The molecule has 0 aliphatic heterocycles. The summed E-state index contributed by atoms with van der Waals surface area (Å²) in [5, 5.41) is 6.87. The Balaban J connectivity index is 1.26. The van der Waals surface area contributed by atoms with Crippen molar-refractivity contribution in [1.29, 1.82) is 0 Å². The Morgan fingerprint density at radius 2 is 0.889 bits per heavy atom. The molecule has 0 aliphatic carbocycles. The molecule has 0 fully saturated rings. The van der Waals surface area contributed by atoms with E-state index in [1.165, 1.54) is 40.3 Å². The molecule has 6 heterocycles. The molecule has 210 valence electrons. The van der Waals surface area contributed by atoms with E-state index in [1.54, 1.807) is 35.1 Å². The van der Waals surface area contributed by atoms with Gasteiger partial charge in [-0.25, -0.2) is 19.5 Å². The van der Waals surface area contributed by atoms with Crippen LogP contribution in [0.1, 0.15) is 0 Å². The van der Waals surface area contributed by atoms with Gasteiger partial charge in [0.25, 0.3) is 0 Å². The van der Waals surface area contributed by atoms with Gasteiger partial charge in [0.1, 0.15) is 11.3 Å². The summed E-state index contributed by atoms with van der Waals surface area (Å²) in [4.78, 5) is 24.9. The van der Waals surface area contributed by atoms with Crippen LogP contribution in [0.2, 0.25) is 0 Å². The van der Waals surface area contributed by atoms with Crippen LogP contribution < -0.4 is 0 Å². The van der Waals surface area contributed by atoms with Gasteiger partial charge in [-0.1, -0.05) is 36.4 Å². The molecule has 6 nitrogen and oxygen atoms in total. The van der Waals surface area contributed by atoms with E-state index < -0.39 is 0 Å². The van der Waals surface area contributed by atoms with Crippen molar-refractivity contribution in [3.8, 4) is 28.7 Å². The van der Waals surface area contributed by atoms with Crippen LogP contribution in [0.5, 0.6) is 0 Å². The lowest BCUT2D eigenvalue weighted by Gasteiger charge is -2.10. The van der Waals surface area contributed by atoms with Gasteiger partial charge in [-0.3, -0.25) is 0 Å². The number of nitrogens with zero attached hydrogens (tertiary/aromatic N) is 6. The monoisotopic (exact) mass is 612 g/mol. The fourth-order valence-corrected chi connectivity index (χ4v) is 8.49. The summed E-state index contributed by atoms with van der Waals surface area (Å²) in [6.07, 6.45) is 3.60. The number of benzene rings is 4. The van der Waals surface area contributed by atoms with E-state index in [2.05, 4.69) is 97.1 Å². The molecular formula is C37H20N6S2. The lowest BCUT2D eigenvalue weighted by Crippen LogP contribution is -2.07. The van der Waals surface area contributed by atoms with Crippen molar-refractivity contribution in [2.45, 2.75) is 0 Å². The van der Waals surface area contributed by atoms with Crippen LogP contribution in [-0.2, 0) is 0 Å². The van der Waals surface area contributed by atoms with Crippen LogP contribution in [0.3, 0.4) is 0 Å².